The zero-order chi connectivity index (χ0) is 16.5. The van der Waals surface area contributed by atoms with Crippen molar-refractivity contribution in [2.24, 2.45) is 5.92 Å². The van der Waals surface area contributed by atoms with E-state index >= 15 is 0 Å². The lowest BCUT2D eigenvalue weighted by Crippen LogP contribution is -2.26. The molecule has 3 unspecified atom stereocenters. The molecule has 2 N–H and O–H groups in total. The fourth-order valence-corrected chi connectivity index (χ4v) is 3.70. The summed E-state index contributed by atoms with van der Waals surface area (Å²) >= 11 is 0. The Morgan fingerprint density at radius 1 is 1.42 bits per heavy atom. The van der Waals surface area contributed by atoms with Gasteiger partial charge in [-0.15, -0.1) is 0 Å². The second kappa shape index (κ2) is 6.06. The van der Waals surface area contributed by atoms with Gasteiger partial charge in [-0.05, 0) is 18.9 Å². The topological polar surface area (TPSA) is 103 Å². The van der Waals surface area contributed by atoms with Crippen LogP contribution in [0.3, 0.4) is 0 Å². The van der Waals surface area contributed by atoms with E-state index in [9.17, 15) is 10.4 Å². The first-order valence-corrected chi connectivity index (χ1v) is 8.15. The van der Waals surface area contributed by atoms with Gasteiger partial charge in [0, 0.05) is 29.3 Å². The Morgan fingerprint density at radius 3 is 3.12 bits per heavy atom. The van der Waals surface area contributed by atoms with Crippen LogP contribution in [0, 0.1) is 17.2 Å². The quantitative estimate of drug-likeness (QED) is 0.768. The monoisotopic (exact) mass is 322 g/mol. The van der Waals surface area contributed by atoms with Gasteiger partial charge in [0.2, 0.25) is 0 Å². The number of aliphatic hydroxyl groups is 1. The van der Waals surface area contributed by atoms with Crippen LogP contribution in [0.1, 0.15) is 31.7 Å². The molecule has 3 aromatic heterocycles. The predicted octanol–water partition coefficient (Wildman–Crippen LogP) is 2.44. The number of nitrogens with zero attached hydrogens (tertiary/aromatic N) is 5. The van der Waals surface area contributed by atoms with Crippen LogP contribution < -0.4 is 0 Å². The van der Waals surface area contributed by atoms with Gasteiger partial charge in [-0.25, -0.2) is 9.97 Å². The molecule has 24 heavy (non-hydrogen) atoms. The summed E-state index contributed by atoms with van der Waals surface area (Å²) in [5.41, 5.74) is 2.49. The minimum atomic E-state index is -0.355. The first-order valence-electron chi connectivity index (χ1n) is 8.15. The molecule has 1 aliphatic carbocycles. The number of H-pyrrole nitrogens is 1. The number of hydrogen-bond donors (Lipinski definition) is 2. The van der Waals surface area contributed by atoms with Crippen molar-refractivity contribution in [1.29, 1.82) is 5.26 Å². The average Bonchev–Trinajstić information content (AvgIpc) is 3.32. The highest BCUT2D eigenvalue weighted by atomic mass is 16.3. The summed E-state index contributed by atoms with van der Waals surface area (Å²) in [7, 11) is 0. The summed E-state index contributed by atoms with van der Waals surface area (Å²) in [4.78, 5) is 11.7. The molecule has 1 fully saturated rings. The minimum Gasteiger partial charge on any atom is -0.393 e. The van der Waals surface area contributed by atoms with Gasteiger partial charge in [-0.2, -0.15) is 10.4 Å². The van der Waals surface area contributed by atoms with Gasteiger partial charge in [0.1, 0.15) is 12.0 Å². The van der Waals surface area contributed by atoms with Gasteiger partial charge in [0.15, 0.2) is 0 Å². The molecule has 7 nitrogen and oxygen atoms in total. The Morgan fingerprint density at radius 2 is 2.33 bits per heavy atom. The van der Waals surface area contributed by atoms with Crippen LogP contribution in [0.5, 0.6) is 0 Å². The molecule has 3 heterocycles. The smallest absolute Gasteiger partial charge is 0.141 e. The van der Waals surface area contributed by atoms with Crippen molar-refractivity contribution in [3.63, 3.8) is 0 Å². The van der Waals surface area contributed by atoms with E-state index in [1.807, 2.05) is 23.1 Å². The second-order valence-electron chi connectivity index (χ2n) is 6.26. The van der Waals surface area contributed by atoms with Crippen LogP contribution in [0.2, 0.25) is 0 Å². The molecule has 0 aliphatic heterocycles. The number of aromatic nitrogens is 5. The summed E-state index contributed by atoms with van der Waals surface area (Å²) in [5.74, 6) is 0.0788. The Balaban J connectivity index is 1.70. The molecule has 1 aliphatic rings. The maximum atomic E-state index is 10.2. The number of hydrogen-bond acceptors (Lipinski definition) is 5. The van der Waals surface area contributed by atoms with E-state index in [1.165, 1.54) is 6.33 Å². The molecular weight excluding hydrogens is 304 g/mol. The van der Waals surface area contributed by atoms with Crippen LogP contribution in [0.25, 0.3) is 22.3 Å². The number of nitriles is 1. The molecule has 3 atom stereocenters. The fourth-order valence-electron chi connectivity index (χ4n) is 3.70. The Hall–Kier alpha value is -2.72. The zero-order valence-corrected chi connectivity index (χ0v) is 13.1. The van der Waals surface area contributed by atoms with Crippen LogP contribution in [0.15, 0.2) is 31.0 Å². The summed E-state index contributed by atoms with van der Waals surface area (Å²) in [6.07, 6.45) is 9.76. The molecule has 0 radical (unpaired) electrons. The molecule has 7 heteroatoms. The molecule has 3 aromatic rings. The number of rotatable bonds is 4. The molecule has 122 valence electrons. The van der Waals surface area contributed by atoms with Crippen molar-refractivity contribution in [2.75, 3.05) is 0 Å². The van der Waals surface area contributed by atoms with E-state index in [0.717, 1.165) is 41.6 Å². The molecule has 0 amide bonds. The largest absolute Gasteiger partial charge is 0.393 e. The Labute approximate surface area is 139 Å². The highest BCUT2D eigenvalue weighted by Crippen LogP contribution is 2.37. The minimum absolute atomic E-state index is 0.0788. The van der Waals surface area contributed by atoms with Crippen molar-refractivity contribution in [3.8, 4) is 17.3 Å². The fraction of sp³-hybridized carbons (Fsp3) is 0.412. The molecule has 0 bridgehead atoms. The third-order valence-corrected chi connectivity index (χ3v) is 4.89. The lowest BCUT2D eigenvalue weighted by molar-refractivity contribution is 0.0977. The Kier molecular flexibility index (Phi) is 3.75. The predicted molar refractivity (Wildman–Crippen MR) is 87.7 cm³/mol. The third-order valence-electron chi connectivity index (χ3n) is 4.89. The van der Waals surface area contributed by atoms with E-state index in [2.05, 4.69) is 26.1 Å². The van der Waals surface area contributed by atoms with Gasteiger partial charge in [-0.1, -0.05) is 6.42 Å². The number of nitrogens with one attached hydrogen (secondary N) is 1. The van der Waals surface area contributed by atoms with Gasteiger partial charge in [-0.3, -0.25) is 4.68 Å². The van der Waals surface area contributed by atoms with Crippen molar-refractivity contribution in [2.45, 2.75) is 37.8 Å². The maximum Gasteiger partial charge on any atom is 0.141 e. The summed E-state index contributed by atoms with van der Waals surface area (Å²) < 4.78 is 1.82. The van der Waals surface area contributed by atoms with E-state index < -0.39 is 0 Å². The van der Waals surface area contributed by atoms with Crippen molar-refractivity contribution >= 4 is 11.0 Å². The maximum absolute atomic E-state index is 10.2. The van der Waals surface area contributed by atoms with Crippen LogP contribution >= 0.6 is 0 Å². The van der Waals surface area contributed by atoms with E-state index in [-0.39, 0.29) is 18.1 Å². The lowest BCUT2D eigenvalue weighted by Gasteiger charge is -2.24. The first kappa shape index (κ1) is 14.8. The third kappa shape index (κ3) is 2.45. The molecule has 0 aromatic carbocycles. The normalized spacial score (nSPS) is 21.8. The standard InChI is InChI=1S/C17H18N6O/c18-6-4-14(12-2-1-3-15(12)24)23-9-11(8-22-23)16-13-5-7-19-17(13)21-10-20-16/h5,7-10,12,14-15,24H,1-4H2,(H,19,20,21). The van der Waals surface area contributed by atoms with Crippen molar-refractivity contribution in [1.82, 2.24) is 24.7 Å². The van der Waals surface area contributed by atoms with Crippen LogP contribution in [0.4, 0.5) is 0 Å². The van der Waals surface area contributed by atoms with Gasteiger partial charge in [0.25, 0.3) is 0 Å². The second-order valence-corrected chi connectivity index (χ2v) is 6.26. The SMILES string of the molecule is N#CCC(C1CCCC1O)n1cc(-c2ncnc3[nH]ccc23)cn1. The van der Waals surface area contributed by atoms with E-state index in [0.29, 0.717) is 6.42 Å². The number of aliphatic hydroxyl groups excluding tert-OH is 1. The molecule has 0 spiro atoms. The van der Waals surface area contributed by atoms with Gasteiger partial charge < -0.3 is 10.1 Å². The molecule has 4 rings (SSSR count). The van der Waals surface area contributed by atoms with Crippen LogP contribution in [-0.2, 0) is 0 Å². The van der Waals surface area contributed by atoms with Crippen LogP contribution in [-0.4, -0.2) is 35.9 Å². The molecular formula is C17H18N6O. The summed E-state index contributed by atoms with van der Waals surface area (Å²) in [6, 6.07) is 4.07. The molecule has 0 saturated heterocycles. The number of fused-ring (bicyclic) bond motifs is 1. The highest BCUT2D eigenvalue weighted by molar-refractivity contribution is 5.89. The average molecular weight is 322 g/mol. The molecule has 1 saturated carbocycles. The van der Waals surface area contributed by atoms with Crippen molar-refractivity contribution < 1.29 is 5.11 Å². The first-order chi connectivity index (χ1) is 11.8. The zero-order valence-electron chi connectivity index (χ0n) is 13.1. The van der Waals surface area contributed by atoms with E-state index in [1.54, 1.807) is 6.20 Å². The number of aromatic amines is 1. The van der Waals surface area contributed by atoms with E-state index in [4.69, 9.17) is 0 Å². The Bertz CT molecular complexity index is 892. The van der Waals surface area contributed by atoms with Crippen molar-refractivity contribution in [3.05, 3.63) is 31.0 Å². The lowest BCUT2D eigenvalue weighted by atomic mass is 9.94. The van der Waals surface area contributed by atoms with Gasteiger partial charge in [0.05, 0.1) is 36.5 Å². The van der Waals surface area contributed by atoms with Gasteiger partial charge >= 0.3 is 0 Å². The highest BCUT2D eigenvalue weighted by Gasteiger charge is 2.34. The summed E-state index contributed by atoms with van der Waals surface area (Å²) in [5, 5.41) is 24.8. The summed E-state index contributed by atoms with van der Waals surface area (Å²) in [6.45, 7) is 0.